The maximum absolute atomic E-state index is 13.2. The van der Waals surface area contributed by atoms with Gasteiger partial charge in [0.25, 0.3) is 5.91 Å². The van der Waals surface area contributed by atoms with Gasteiger partial charge in [0, 0.05) is 24.0 Å². The fourth-order valence-electron chi connectivity index (χ4n) is 4.09. The number of aryl methyl sites for hydroxylation is 1. The van der Waals surface area contributed by atoms with E-state index in [0.29, 0.717) is 66.2 Å². The summed E-state index contributed by atoms with van der Waals surface area (Å²) in [5, 5.41) is 4.21. The number of aromatic nitrogens is 2. The number of nitrogen functional groups attached to an aromatic ring is 1. The van der Waals surface area contributed by atoms with Gasteiger partial charge in [-0.25, -0.2) is 9.97 Å². The molecule has 9 nitrogen and oxygen atoms in total. The number of fused-ring (bicyclic) bond motifs is 1. The molecule has 0 aliphatic carbocycles. The lowest BCUT2D eigenvalue weighted by Crippen LogP contribution is -2.40. The van der Waals surface area contributed by atoms with Crippen molar-refractivity contribution in [1.82, 2.24) is 14.9 Å². The van der Waals surface area contributed by atoms with E-state index < -0.39 is 0 Å². The number of nitrogens with two attached hydrogens (primary N) is 1. The lowest BCUT2D eigenvalue weighted by atomic mass is 10.0. The van der Waals surface area contributed by atoms with E-state index in [-0.39, 0.29) is 11.9 Å². The van der Waals surface area contributed by atoms with Gasteiger partial charge in [-0.2, -0.15) is 0 Å². The largest absolute Gasteiger partial charge is 0.496 e. The highest BCUT2D eigenvalue weighted by Crippen LogP contribution is 2.35. The number of amides is 1. The van der Waals surface area contributed by atoms with Gasteiger partial charge in [-0.05, 0) is 32.0 Å². The molecule has 3 aromatic rings. The Balaban J connectivity index is 1.74. The van der Waals surface area contributed by atoms with E-state index in [1.165, 1.54) is 0 Å². The second-order valence-corrected chi connectivity index (χ2v) is 7.93. The molecule has 1 fully saturated rings. The molecule has 0 saturated carbocycles. The highest BCUT2D eigenvalue weighted by Gasteiger charge is 2.24. The van der Waals surface area contributed by atoms with E-state index in [9.17, 15) is 4.79 Å². The highest BCUT2D eigenvalue weighted by atomic mass is 16.5. The zero-order chi connectivity index (χ0) is 23.5. The number of nitrogens with zero attached hydrogens (tertiary/aromatic N) is 3. The van der Waals surface area contributed by atoms with E-state index in [1.807, 2.05) is 32.0 Å². The number of ether oxygens (including phenoxy) is 3. The average Bonchev–Trinajstić information content (AvgIpc) is 2.83. The minimum atomic E-state index is -0.151. The summed E-state index contributed by atoms with van der Waals surface area (Å²) in [5.41, 5.74) is 8.70. The van der Waals surface area contributed by atoms with Gasteiger partial charge in [-0.15, -0.1) is 0 Å². The Bertz CT molecular complexity index is 1180. The third-order valence-corrected chi connectivity index (χ3v) is 5.76. The summed E-state index contributed by atoms with van der Waals surface area (Å²) >= 11 is 0. The van der Waals surface area contributed by atoms with Crippen LogP contribution in [0.4, 0.5) is 11.5 Å². The Labute approximate surface area is 192 Å². The molecule has 1 aliphatic heterocycles. The number of carbonyl (C=O) groups excluding carboxylic acids is 1. The predicted molar refractivity (Wildman–Crippen MR) is 127 cm³/mol. The lowest BCUT2D eigenvalue weighted by Gasteiger charge is -2.27. The molecule has 2 heterocycles. The molecular weight excluding hydrogens is 422 g/mol. The van der Waals surface area contributed by atoms with Crippen LogP contribution in [-0.4, -0.2) is 61.3 Å². The number of methoxy groups -OCH3 is 2. The molecule has 0 bridgehead atoms. The van der Waals surface area contributed by atoms with Gasteiger partial charge in [-0.1, -0.05) is 12.1 Å². The number of rotatable bonds is 6. The van der Waals surface area contributed by atoms with Gasteiger partial charge in [0.05, 0.1) is 50.2 Å². The highest BCUT2D eigenvalue weighted by molar-refractivity contribution is 6.02. The molecule has 0 unspecified atom stereocenters. The van der Waals surface area contributed by atoms with Gasteiger partial charge in [0.15, 0.2) is 0 Å². The smallest absolute Gasteiger partial charge is 0.257 e. The average molecular weight is 452 g/mol. The van der Waals surface area contributed by atoms with Gasteiger partial charge in [0.1, 0.15) is 23.1 Å². The molecule has 1 aromatic heterocycles. The van der Waals surface area contributed by atoms with Crippen molar-refractivity contribution < 1.29 is 19.0 Å². The van der Waals surface area contributed by atoms with E-state index in [0.717, 1.165) is 10.9 Å². The third kappa shape index (κ3) is 4.49. The first kappa shape index (κ1) is 22.6. The number of nitrogens with one attached hydrogen (secondary N) is 1. The second-order valence-electron chi connectivity index (χ2n) is 7.93. The molecule has 1 aliphatic rings. The first-order chi connectivity index (χ1) is 15.9. The van der Waals surface area contributed by atoms with E-state index in [2.05, 4.69) is 15.3 Å². The van der Waals surface area contributed by atoms with Crippen LogP contribution in [0, 0.1) is 6.92 Å². The number of benzene rings is 2. The molecule has 33 heavy (non-hydrogen) atoms. The second kappa shape index (κ2) is 9.50. The molecule has 1 amide bonds. The molecule has 2 aromatic carbocycles. The topological polar surface area (TPSA) is 112 Å². The van der Waals surface area contributed by atoms with E-state index in [4.69, 9.17) is 19.9 Å². The Hall–Kier alpha value is -3.59. The van der Waals surface area contributed by atoms with E-state index in [1.54, 1.807) is 31.3 Å². The first-order valence-corrected chi connectivity index (χ1v) is 10.8. The summed E-state index contributed by atoms with van der Waals surface area (Å²) in [4.78, 5) is 24.1. The van der Waals surface area contributed by atoms with Crippen LogP contribution in [0.1, 0.15) is 34.7 Å². The monoisotopic (exact) mass is 451 g/mol. The zero-order valence-corrected chi connectivity index (χ0v) is 19.3. The van der Waals surface area contributed by atoms with Crippen molar-refractivity contribution in [1.29, 1.82) is 0 Å². The Morgan fingerprint density at radius 3 is 2.64 bits per heavy atom. The Morgan fingerprint density at radius 2 is 1.94 bits per heavy atom. The fourth-order valence-corrected chi connectivity index (χ4v) is 4.09. The van der Waals surface area contributed by atoms with Crippen molar-refractivity contribution >= 4 is 28.3 Å². The summed E-state index contributed by atoms with van der Waals surface area (Å²) in [7, 11) is 3.16. The number of carbonyl (C=O) groups is 1. The van der Waals surface area contributed by atoms with Crippen LogP contribution in [-0.2, 0) is 4.74 Å². The summed E-state index contributed by atoms with van der Waals surface area (Å²) < 4.78 is 16.5. The predicted octanol–water partition coefficient (Wildman–Crippen LogP) is 3.18. The van der Waals surface area contributed by atoms with Gasteiger partial charge < -0.3 is 30.2 Å². The standard InChI is InChI=1S/C24H29N5O4/c1-14(16-6-5-7-19(25)22(16)32-4)26-23-17-13-21(31-3)18(12-20(17)27-15(2)28-23)24(30)29-8-10-33-11-9-29/h5-7,12-14H,8-11,25H2,1-4H3,(H,26,27,28)/t14-/m1/s1. The van der Waals surface area contributed by atoms with Crippen molar-refractivity contribution in [2.24, 2.45) is 0 Å². The van der Waals surface area contributed by atoms with Crippen molar-refractivity contribution in [2.75, 3.05) is 51.6 Å². The van der Waals surface area contributed by atoms with Crippen LogP contribution in [0.5, 0.6) is 11.5 Å². The quantitative estimate of drug-likeness (QED) is 0.550. The van der Waals surface area contributed by atoms with E-state index >= 15 is 0 Å². The van der Waals surface area contributed by atoms with Gasteiger partial charge in [-0.3, -0.25) is 4.79 Å². The summed E-state index contributed by atoms with van der Waals surface area (Å²) in [6, 6.07) is 9.09. The minimum absolute atomic E-state index is 0.0966. The van der Waals surface area contributed by atoms with Gasteiger partial charge in [0.2, 0.25) is 0 Å². The number of anilines is 2. The maximum atomic E-state index is 13.2. The molecule has 4 rings (SSSR count). The van der Waals surface area contributed by atoms with Crippen molar-refractivity contribution in [3.8, 4) is 11.5 Å². The van der Waals surface area contributed by atoms with Crippen LogP contribution in [0.15, 0.2) is 30.3 Å². The normalized spacial score (nSPS) is 14.7. The van der Waals surface area contributed by atoms with Crippen molar-refractivity contribution in [2.45, 2.75) is 19.9 Å². The van der Waals surface area contributed by atoms with Crippen LogP contribution < -0.4 is 20.5 Å². The lowest BCUT2D eigenvalue weighted by molar-refractivity contribution is 0.0301. The molecule has 3 N–H and O–H groups in total. The number of hydrogen-bond acceptors (Lipinski definition) is 8. The van der Waals surface area contributed by atoms with Crippen LogP contribution in [0.25, 0.3) is 10.9 Å². The first-order valence-electron chi connectivity index (χ1n) is 10.8. The number of para-hydroxylation sites is 1. The summed E-state index contributed by atoms with van der Waals surface area (Å²) in [5.74, 6) is 2.23. The maximum Gasteiger partial charge on any atom is 0.257 e. The Morgan fingerprint density at radius 1 is 1.18 bits per heavy atom. The summed E-state index contributed by atoms with van der Waals surface area (Å²) in [6.07, 6.45) is 0. The Kier molecular flexibility index (Phi) is 6.50. The minimum Gasteiger partial charge on any atom is -0.496 e. The molecule has 0 radical (unpaired) electrons. The molecule has 9 heteroatoms. The number of hydrogen-bond donors (Lipinski definition) is 2. The fraction of sp³-hybridized carbons (Fsp3) is 0.375. The van der Waals surface area contributed by atoms with Crippen LogP contribution in [0.3, 0.4) is 0 Å². The van der Waals surface area contributed by atoms with Crippen LogP contribution >= 0.6 is 0 Å². The van der Waals surface area contributed by atoms with Crippen molar-refractivity contribution in [3.05, 3.63) is 47.3 Å². The van der Waals surface area contributed by atoms with Crippen molar-refractivity contribution in [3.63, 3.8) is 0 Å². The molecular formula is C24H29N5O4. The zero-order valence-electron chi connectivity index (χ0n) is 19.3. The van der Waals surface area contributed by atoms with Crippen LogP contribution in [0.2, 0.25) is 0 Å². The third-order valence-electron chi connectivity index (χ3n) is 5.76. The molecule has 1 atom stereocenters. The molecule has 1 saturated heterocycles. The molecule has 0 spiro atoms. The summed E-state index contributed by atoms with van der Waals surface area (Å²) in [6.45, 7) is 5.99. The van der Waals surface area contributed by atoms with Gasteiger partial charge >= 0.3 is 0 Å². The number of morpholine rings is 1. The molecule has 174 valence electrons. The SMILES string of the molecule is COc1cc2c(N[C@H](C)c3cccc(N)c3OC)nc(C)nc2cc1C(=O)N1CCOCC1.